The van der Waals surface area contributed by atoms with Gasteiger partial charge in [0, 0.05) is 19.0 Å². The number of rotatable bonds is 5. The molecule has 0 aromatic heterocycles. The lowest BCUT2D eigenvalue weighted by Gasteiger charge is -2.32. The van der Waals surface area contributed by atoms with Crippen LogP contribution in [0.1, 0.15) is 39.5 Å². The Morgan fingerprint density at radius 1 is 1.53 bits per heavy atom. The van der Waals surface area contributed by atoms with E-state index in [2.05, 4.69) is 24.8 Å². The number of aliphatic hydroxyl groups excluding tert-OH is 1. The minimum absolute atomic E-state index is 0.188. The van der Waals surface area contributed by atoms with Crippen LogP contribution in [0.2, 0.25) is 0 Å². The Kier molecular flexibility index (Phi) is 4.56. The molecule has 15 heavy (non-hydrogen) atoms. The van der Waals surface area contributed by atoms with E-state index in [1.54, 1.807) is 0 Å². The van der Waals surface area contributed by atoms with Crippen molar-refractivity contribution >= 4 is 0 Å². The summed E-state index contributed by atoms with van der Waals surface area (Å²) < 4.78 is 0. The van der Waals surface area contributed by atoms with Gasteiger partial charge in [0.25, 0.3) is 0 Å². The lowest BCUT2D eigenvalue weighted by atomic mass is 9.87. The SMILES string of the molecule is CC(C)(CCC#N)CN1CCC[C@H]1CO. The highest BCUT2D eigenvalue weighted by atomic mass is 16.3. The molecule has 3 heteroatoms. The predicted octanol–water partition coefficient (Wildman–Crippen LogP) is 1.77. The molecule has 0 aromatic rings. The number of hydrogen-bond acceptors (Lipinski definition) is 3. The monoisotopic (exact) mass is 210 g/mol. The second-order valence-corrected chi connectivity index (χ2v) is 5.27. The Morgan fingerprint density at radius 2 is 2.27 bits per heavy atom. The molecule has 0 saturated carbocycles. The van der Waals surface area contributed by atoms with Crippen molar-refractivity contribution in [1.29, 1.82) is 5.26 Å². The van der Waals surface area contributed by atoms with Crippen LogP contribution in [0.3, 0.4) is 0 Å². The molecule has 0 spiro atoms. The maximum absolute atomic E-state index is 9.22. The molecule has 1 saturated heterocycles. The first-order valence-electron chi connectivity index (χ1n) is 5.81. The van der Waals surface area contributed by atoms with E-state index in [1.165, 1.54) is 6.42 Å². The fourth-order valence-electron chi connectivity index (χ4n) is 2.33. The summed E-state index contributed by atoms with van der Waals surface area (Å²) in [6.07, 6.45) is 3.88. The molecule has 1 aliphatic heterocycles. The van der Waals surface area contributed by atoms with Crippen molar-refractivity contribution in [3.05, 3.63) is 0 Å². The number of nitriles is 1. The third-order valence-electron chi connectivity index (χ3n) is 3.25. The van der Waals surface area contributed by atoms with Crippen LogP contribution in [-0.2, 0) is 0 Å². The summed E-state index contributed by atoms with van der Waals surface area (Å²) in [4.78, 5) is 2.37. The average molecular weight is 210 g/mol. The van der Waals surface area contributed by atoms with Crippen molar-refractivity contribution in [2.75, 3.05) is 19.7 Å². The zero-order valence-electron chi connectivity index (χ0n) is 9.87. The molecule has 0 aliphatic carbocycles. The first-order valence-corrected chi connectivity index (χ1v) is 5.81. The predicted molar refractivity (Wildman–Crippen MR) is 60.3 cm³/mol. The van der Waals surface area contributed by atoms with Gasteiger partial charge in [-0.05, 0) is 31.2 Å². The van der Waals surface area contributed by atoms with Crippen LogP contribution in [0, 0.1) is 16.7 Å². The lowest BCUT2D eigenvalue weighted by molar-refractivity contribution is 0.114. The van der Waals surface area contributed by atoms with Crippen LogP contribution in [0.4, 0.5) is 0 Å². The molecule has 0 aromatic carbocycles. The first-order chi connectivity index (χ1) is 7.09. The third-order valence-corrected chi connectivity index (χ3v) is 3.25. The second-order valence-electron chi connectivity index (χ2n) is 5.27. The highest BCUT2D eigenvalue weighted by Crippen LogP contribution is 2.27. The molecule has 0 radical (unpaired) electrons. The molecule has 1 atom stereocenters. The van der Waals surface area contributed by atoms with E-state index in [0.29, 0.717) is 12.5 Å². The van der Waals surface area contributed by atoms with Gasteiger partial charge in [0.15, 0.2) is 0 Å². The summed E-state index contributed by atoms with van der Waals surface area (Å²) in [6.45, 7) is 6.78. The van der Waals surface area contributed by atoms with Crippen molar-refractivity contribution in [2.24, 2.45) is 5.41 Å². The van der Waals surface area contributed by atoms with Gasteiger partial charge >= 0.3 is 0 Å². The van der Waals surface area contributed by atoms with Crippen LogP contribution < -0.4 is 0 Å². The van der Waals surface area contributed by atoms with E-state index in [0.717, 1.165) is 25.9 Å². The number of likely N-dealkylation sites (tertiary alicyclic amines) is 1. The van der Waals surface area contributed by atoms with Crippen molar-refractivity contribution in [1.82, 2.24) is 4.90 Å². The lowest BCUT2D eigenvalue weighted by Crippen LogP contribution is -2.39. The molecular weight excluding hydrogens is 188 g/mol. The van der Waals surface area contributed by atoms with Crippen LogP contribution in [0.25, 0.3) is 0 Å². The minimum Gasteiger partial charge on any atom is -0.395 e. The van der Waals surface area contributed by atoms with Gasteiger partial charge in [-0.3, -0.25) is 4.90 Å². The molecule has 1 aliphatic rings. The largest absolute Gasteiger partial charge is 0.395 e. The summed E-state index contributed by atoms with van der Waals surface area (Å²) in [5, 5.41) is 17.8. The van der Waals surface area contributed by atoms with Crippen LogP contribution in [-0.4, -0.2) is 35.7 Å². The average Bonchev–Trinajstić information content (AvgIpc) is 2.61. The highest BCUT2D eigenvalue weighted by molar-refractivity contribution is 4.85. The molecule has 0 amide bonds. The maximum atomic E-state index is 9.22. The summed E-state index contributed by atoms with van der Waals surface area (Å²) in [5.74, 6) is 0. The van der Waals surface area contributed by atoms with E-state index >= 15 is 0 Å². The van der Waals surface area contributed by atoms with E-state index < -0.39 is 0 Å². The van der Waals surface area contributed by atoms with Crippen LogP contribution in [0.5, 0.6) is 0 Å². The topological polar surface area (TPSA) is 47.3 Å². The standard InChI is InChI=1S/C12H22N2O/c1-12(2,6-4-7-13)10-14-8-3-5-11(14)9-15/h11,15H,3-6,8-10H2,1-2H3/t11-/m0/s1. The summed E-state index contributed by atoms with van der Waals surface area (Å²) in [5.41, 5.74) is 0.188. The van der Waals surface area contributed by atoms with Crippen molar-refractivity contribution in [2.45, 2.75) is 45.6 Å². The molecule has 1 heterocycles. The van der Waals surface area contributed by atoms with Gasteiger partial charge in [0.1, 0.15) is 0 Å². The molecule has 0 unspecified atom stereocenters. The van der Waals surface area contributed by atoms with Crippen LogP contribution >= 0.6 is 0 Å². The van der Waals surface area contributed by atoms with E-state index in [1.807, 2.05) is 0 Å². The fraction of sp³-hybridized carbons (Fsp3) is 0.917. The number of nitrogens with zero attached hydrogens (tertiary/aromatic N) is 2. The molecule has 86 valence electrons. The second kappa shape index (κ2) is 5.48. The van der Waals surface area contributed by atoms with Crippen molar-refractivity contribution < 1.29 is 5.11 Å². The molecule has 1 N–H and O–H groups in total. The number of aliphatic hydroxyl groups is 1. The van der Waals surface area contributed by atoms with E-state index in [9.17, 15) is 5.11 Å². The Hall–Kier alpha value is -0.590. The van der Waals surface area contributed by atoms with Gasteiger partial charge in [-0.2, -0.15) is 5.26 Å². The highest BCUT2D eigenvalue weighted by Gasteiger charge is 2.29. The zero-order valence-corrected chi connectivity index (χ0v) is 9.87. The summed E-state index contributed by atoms with van der Waals surface area (Å²) >= 11 is 0. The van der Waals surface area contributed by atoms with E-state index in [-0.39, 0.29) is 12.0 Å². The Morgan fingerprint density at radius 3 is 2.87 bits per heavy atom. The third kappa shape index (κ3) is 3.81. The molecule has 0 bridgehead atoms. The molecule has 1 rings (SSSR count). The van der Waals surface area contributed by atoms with Crippen LogP contribution in [0.15, 0.2) is 0 Å². The quantitative estimate of drug-likeness (QED) is 0.752. The molecular formula is C12H22N2O. The maximum Gasteiger partial charge on any atom is 0.0621 e. The Labute approximate surface area is 92.7 Å². The Balaban J connectivity index is 2.42. The van der Waals surface area contributed by atoms with Gasteiger partial charge < -0.3 is 5.11 Å². The van der Waals surface area contributed by atoms with Gasteiger partial charge in [0.05, 0.1) is 12.7 Å². The van der Waals surface area contributed by atoms with Gasteiger partial charge in [-0.15, -0.1) is 0 Å². The van der Waals surface area contributed by atoms with Gasteiger partial charge in [-0.1, -0.05) is 13.8 Å². The smallest absolute Gasteiger partial charge is 0.0621 e. The zero-order chi connectivity index (χ0) is 11.3. The van der Waals surface area contributed by atoms with E-state index in [4.69, 9.17) is 5.26 Å². The minimum atomic E-state index is 0.188. The molecule has 1 fully saturated rings. The Bertz CT molecular complexity index is 232. The first kappa shape index (κ1) is 12.5. The van der Waals surface area contributed by atoms with Gasteiger partial charge in [-0.25, -0.2) is 0 Å². The fourth-order valence-corrected chi connectivity index (χ4v) is 2.33. The summed E-state index contributed by atoms with van der Waals surface area (Å²) in [7, 11) is 0. The molecule has 3 nitrogen and oxygen atoms in total. The summed E-state index contributed by atoms with van der Waals surface area (Å²) in [6, 6.07) is 2.56. The van der Waals surface area contributed by atoms with Gasteiger partial charge in [0.2, 0.25) is 0 Å². The number of hydrogen-bond donors (Lipinski definition) is 1. The normalized spacial score (nSPS) is 22.9. The van der Waals surface area contributed by atoms with Crippen molar-refractivity contribution in [3.63, 3.8) is 0 Å². The van der Waals surface area contributed by atoms with Crippen molar-refractivity contribution in [3.8, 4) is 6.07 Å².